The minimum Gasteiger partial charge on any atom is -0.325 e. The Labute approximate surface area is 97.4 Å². The topological polar surface area (TPSA) is 29.3 Å². The van der Waals surface area contributed by atoms with Gasteiger partial charge >= 0.3 is 0 Å². The quantitative estimate of drug-likeness (QED) is 0.895. The van der Waals surface area contributed by atoms with Crippen LogP contribution in [0, 0.1) is 5.82 Å². The Morgan fingerprint density at radius 3 is 2.73 bits per heavy atom. The molecule has 4 heteroatoms. The largest absolute Gasteiger partial charge is 0.325 e. The van der Waals surface area contributed by atoms with E-state index in [0.29, 0.717) is 12.1 Å². The second-order valence-corrected chi connectivity index (χ2v) is 4.91. The molecule has 1 aliphatic heterocycles. The highest BCUT2D eigenvalue weighted by Gasteiger charge is 2.28. The van der Waals surface area contributed by atoms with Gasteiger partial charge in [-0.15, -0.1) is 0 Å². The molecular weight excluding hydrogens is 259 g/mol. The molecule has 2 rings (SSSR count). The Balaban J connectivity index is 2.15. The Bertz CT molecular complexity index is 364. The molecular formula is C11H14BrFN2. The van der Waals surface area contributed by atoms with Crippen molar-refractivity contribution in [2.45, 2.75) is 19.0 Å². The van der Waals surface area contributed by atoms with E-state index in [4.69, 9.17) is 5.73 Å². The van der Waals surface area contributed by atoms with E-state index >= 15 is 0 Å². The summed E-state index contributed by atoms with van der Waals surface area (Å²) in [7, 11) is 0. The molecule has 0 radical (unpaired) electrons. The van der Waals surface area contributed by atoms with Gasteiger partial charge in [0, 0.05) is 29.6 Å². The van der Waals surface area contributed by atoms with Gasteiger partial charge in [-0.25, -0.2) is 4.39 Å². The van der Waals surface area contributed by atoms with Crippen LogP contribution >= 0.6 is 15.9 Å². The molecule has 82 valence electrons. The average Bonchev–Trinajstić information content (AvgIpc) is 2.12. The van der Waals surface area contributed by atoms with Crippen LogP contribution in [0.3, 0.4) is 0 Å². The minimum absolute atomic E-state index is 0.210. The van der Waals surface area contributed by atoms with Crippen LogP contribution in [-0.4, -0.2) is 24.0 Å². The van der Waals surface area contributed by atoms with E-state index in [-0.39, 0.29) is 5.82 Å². The molecule has 1 aromatic carbocycles. The molecule has 15 heavy (non-hydrogen) atoms. The molecule has 2 nitrogen and oxygen atoms in total. The zero-order valence-corrected chi connectivity index (χ0v) is 10.2. The van der Waals surface area contributed by atoms with Gasteiger partial charge in [0.2, 0.25) is 0 Å². The van der Waals surface area contributed by atoms with Crippen LogP contribution < -0.4 is 5.73 Å². The molecule has 1 aromatic rings. The van der Waals surface area contributed by atoms with Crippen molar-refractivity contribution in [3.63, 3.8) is 0 Å². The molecule has 1 heterocycles. The van der Waals surface area contributed by atoms with Crippen LogP contribution in [0.15, 0.2) is 22.7 Å². The Kier molecular flexibility index (Phi) is 3.09. The standard InChI is InChI=1S/C11H14BrFN2/c1-7(15-5-9(14)6-15)10-3-2-8(13)4-11(10)12/h2-4,7,9H,5-6,14H2,1H3. The summed E-state index contributed by atoms with van der Waals surface area (Å²) < 4.78 is 13.7. The minimum atomic E-state index is -0.210. The van der Waals surface area contributed by atoms with E-state index in [9.17, 15) is 4.39 Å². The number of halogens is 2. The predicted octanol–water partition coefficient (Wildman–Crippen LogP) is 2.29. The summed E-state index contributed by atoms with van der Waals surface area (Å²) in [5.41, 5.74) is 6.85. The van der Waals surface area contributed by atoms with Gasteiger partial charge in [0.05, 0.1) is 0 Å². The molecule has 0 aliphatic carbocycles. The van der Waals surface area contributed by atoms with Crippen LogP contribution in [0.2, 0.25) is 0 Å². The van der Waals surface area contributed by atoms with Crippen molar-refractivity contribution in [1.82, 2.24) is 4.90 Å². The lowest BCUT2D eigenvalue weighted by atomic mass is 10.0. The highest BCUT2D eigenvalue weighted by molar-refractivity contribution is 9.10. The first kappa shape index (κ1) is 11.0. The second kappa shape index (κ2) is 4.20. The van der Waals surface area contributed by atoms with Crippen molar-refractivity contribution in [2.24, 2.45) is 5.73 Å². The third-order valence-corrected chi connectivity index (χ3v) is 3.59. The molecule has 2 N–H and O–H groups in total. The maximum Gasteiger partial charge on any atom is 0.124 e. The number of nitrogens with zero attached hydrogens (tertiary/aromatic N) is 1. The number of nitrogens with two attached hydrogens (primary N) is 1. The first-order chi connectivity index (χ1) is 7.08. The van der Waals surface area contributed by atoms with E-state index in [1.165, 1.54) is 12.1 Å². The molecule has 0 amide bonds. The summed E-state index contributed by atoms with van der Waals surface area (Å²) in [6.07, 6.45) is 0. The van der Waals surface area contributed by atoms with Crippen molar-refractivity contribution in [3.8, 4) is 0 Å². The summed E-state index contributed by atoms with van der Waals surface area (Å²) in [5, 5.41) is 0. The Morgan fingerprint density at radius 1 is 1.53 bits per heavy atom. The number of likely N-dealkylation sites (tertiary alicyclic amines) is 1. The molecule has 1 saturated heterocycles. The van der Waals surface area contributed by atoms with Gasteiger partial charge in [-0.2, -0.15) is 0 Å². The third kappa shape index (κ3) is 2.22. The van der Waals surface area contributed by atoms with Crippen LogP contribution in [-0.2, 0) is 0 Å². The zero-order valence-electron chi connectivity index (χ0n) is 8.58. The maximum atomic E-state index is 12.9. The van der Waals surface area contributed by atoms with Crippen molar-refractivity contribution in [3.05, 3.63) is 34.1 Å². The van der Waals surface area contributed by atoms with Crippen molar-refractivity contribution >= 4 is 15.9 Å². The molecule has 1 atom stereocenters. The first-order valence-corrected chi connectivity index (χ1v) is 5.82. The second-order valence-electron chi connectivity index (χ2n) is 4.06. The number of rotatable bonds is 2. The molecule has 0 bridgehead atoms. The van der Waals surface area contributed by atoms with Gasteiger partial charge in [0.1, 0.15) is 5.82 Å². The average molecular weight is 273 g/mol. The molecule has 1 fully saturated rings. The lowest BCUT2D eigenvalue weighted by molar-refractivity contribution is 0.103. The van der Waals surface area contributed by atoms with Crippen LogP contribution in [0.4, 0.5) is 4.39 Å². The van der Waals surface area contributed by atoms with E-state index in [0.717, 1.165) is 23.1 Å². The number of hydrogen-bond donors (Lipinski definition) is 1. The van der Waals surface area contributed by atoms with Gasteiger partial charge in [0.25, 0.3) is 0 Å². The lowest BCUT2D eigenvalue weighted by Crippen LogP contribution is -2.56. The highest BCUT2D eigenvalue weighted by Crippen LogP contribution is 2.30. The molecule has 1 aliphatic rings. The van der Waals surface area contributed by atoms with Crippen LogP contribution in [0.25, 0.3) is 0 Å². The normalized spacial score (nSPS) is 20.0. The third-order valence-electron chi connectivity index (χ3n) is 2.90. The smallest absolute Gasteiger partial charge is 0.124 e. The Morgan fingerprint density at radius 2 is 2.20 bits per heavy atom. The molecule has 0 aromatic heterocycles. The van der Waals surface area contributed by atoms with E-state index in [2.05, 4.69) is 27.8 Å². The van der Waals surface area contributed by atoms with Gasteiger partial charge in [0.15, 0.2) is 0 Å². The lowest BCUT2D eigenvalue weighted by Gasteiger charge is -2.41. The first-order valence-electron chi connectivity index (χ1n) is 5.02. The highest BCUT2D eigenvalue weighted by atomic mass is 79.9. The fraction of sp³-hybridized carbons (Fsp3) is 0.455. The maximum absolute atomic E-state index is 12.9. The fourth-order valence-electron chi connectivity index (χ4n) is 1.90. The van der Waals surface area contributed by atoms with Crippen molar-refractivity contribution in [1.29, 1.82) is 0 Å². The summed E-state index contributed by atoms with van der Waals surface area (Å²) in [6, 6.07) is 5.42. The van der Waals surface area contributed by atoms with Crippen molar-refractivity contribution in [2.75, 3.05) is 13.1 Å². The molecule has 1 unspecified atom stereocenters. The zero-order chi connectivity index (χ0) is 11.0. The summed E-state index contributed by atoms with van der Waals surface area (Å²) in [6.45, 7) is 3.96. The van der Waals surface area contributed by atoms with Crippen molar-refractivity contribution < 1.29 is 4.39 Å². The number of benzene rings is 1. The predicted molar refractivity (Wildman–Crippen MR) is 62.1 cm³/mol. The van der Waals surface area contributed by atoms with E-state index in [1.807, 2.05) is 6.07 Å². The monoisotopic (exact) mass is 272 g/mol. The van der Waals surface area contributed by atoms with Crippen LogP contribution in [0.5, 0.6) is 0 Å². The SMILES string of the molecule is CC(c1ccc(F)cc1Br)N1CC(N)C1. The summed E-state index contributed by atoms with van der Waals surface area (Å²) in [4.78, 5) is 2.28. The summed E-state index contributed by atoms with van der Waals surface area (Å²) >= 11 is 3.39. The molecule has 0 saturated carbocycles. The van der Waals surface area contributed by atoms with Gasteiger partial charge < -0.3 is 5.73 Å². The summed E-state index contributed by atoms with van der Waals surface area (Å²) in [5.74, 6) is -0.210. The van der Waals surface area contributed by atoms with Gasteiger partial charge in [-0.1, -0.05) is 22.0 Å². The van der Waals surface area contributed by atoms with Gasteiger partial charge in [-0.05, 0) is 24.6 Å². The van der Waals surface area contributed by atoms with E-state index in [1.54, 1.807) is 0 Å². The number of hydrogen-bond acceptors (Lipinski definition) is 2. The molecule has 0 spiro atoms. The van der Waals surface area contributed by atoms with Gasteiger partial charge in [-0.3, -0.25) is 4.90 Å². The fourth-order valence-corrected chi connectivity index (χ4v) is 2.58. The Hall–Kier alpha value is -0.450. The van der Waals surface area contributed by atoms with E-state index < -0.39 is 0 Å². The van der Waals surface area contributed by atoms with Crippen LogP contribution in [0.1, 0.15) is 18.5 Å².